The monoisotopic (exact) mass is 215 g/mol. The Bertz CT molecular complexity index is 390. The van der Waals surface area contributed by atoms with Gasteiger partial charge in [-0.15, -0.1) is 0 Å². The second-order valence-corrected chi connectivity index (χ2v) is 4.64. The molecule has 1 aliphatic heterocycles. The number of pyridine rings is 1. The highest BCUT2D eigenvalue weighted by molar-refractivity contribution is 6.01. The van der Waals surface area contributed by atoms with E-state index in [-0.39, 0.29) is 0 Å². The molecule has 0 bridgehead atoms. The van der Waals surface area contributed by atoms with Crippen LogP contribution in [0, 0.1) is 0 Å². The maximum Gasteiger partial charge on any atom is 0.126 e. The molecule has 1 aromatic rings. The summed E-state index contributed by atoms with van der Waals surface area (Å²) in [6.07, 6.45) is 8.18. The van der Waals surface area contributed by atoms with Gasteiger partial charge in [-0.3, -0.25) is 4.99 Å². The Kier molecular flexibility index (Phi) is 2.60. The van der Waals surface area contributed by atoms with Gasteiger partial charge in [0.05, 0.1) is 0 Å². The van der Waals surface area contributed by atoms with Crippen molar-refractivity contribution in [2.75, 3.05) is 11.9 Å². The number of aliphatic imine (C=N–C) groups is 1. The standard InChI is InChI=1S/C13H17N3/c1-3-11(4-1)16-13-7-6-10(9-15-13)12-5-2-8-14-12/h6-7,9,11H,1-5,8H2,(H,15,16). The second-order valence-electron chi connectivity index (χ2n) is 4.64. The third-order valence-corrected chi connectivity index (χ3v) is 3.43. The van der Waals surface area contributed by atoms with Crippen LogP contribution in [0.2, 0.25) is 0 Å². The van der Waals surface area contributed by atoms with Crippen molar-refractivity contribution in [2.24, 2.45) is 4.99 Å². The van der Waals surface area contributed by atoms with Gasteiger partial charge < -0.3 is 5.32 Å². The lowest BCUT2D eigenvalue weighted by Gasteiger charge is -2.26. The molecule has 2 aliphatic rings. The Hall–Kier alpha value is -1.38. The lowest BCUT2D eigenvalue weighted by atomic mass is 9.93. The van der Waals surface area contributed by atoms with E-state index < -0.39 is 0 Å². The van der Waals surface area contributed by atoms with E-state index in [4.69, 9.17) is 0 Å². The van der Waals surface area contributed by atoms with E-state index >= 15 is 0 Å². The predicted octanol–water partition coefficient (Wildman–Crippen LogP) is 2.63. The molecule has 0 unspecified atom stereocenters. The quantitative estimate of drug-likeness (QED) is 0.841. The zero-order valence-corrected chi connectivity index (χ0v) is 9.45. The van der Waals surface area contributed by atoms with E-state index in [0.717, 1.165) is 18.8 Å². The van der Waals surface area contributed by atoms with Crippen LogP contribution in [0.5, 0.6) is 0 Å². The van der Waals surface area contributed by atoms with Crippen molar-refractivity contribution in [1.82, 2.24) is 4.98 Å². The normalized spacial score (nSPS) is 20.4. The summed E-state index contributed by atoms with van der Waals surface area (Å²) in [5.41, 5.74) is 2.42. The number of nitrogens with zero attached hydrogens (tertiary/aromatic N) is 2. The fraction of sp³-hybridized carbons (Fsp3) is 0.538. The summed E-state index contributed by atoms with van der Waals surface area (Å²) in [5, 5.41) is 3.45. The van der Waals surface area contributed by atoms with Gasteiger partial charge in [0, 0.05) is 30.1 Å². The molecule has 1 saturated carbocycles. The molecule has 2 heterocycles. The molecule has 1 aliphatic carbocycles. The number of aromatic nitrogens is 1. The molecule has 0 atom stereocenters. The van der Waals surface area contributed by atoms with Crippen molar-refractivity contribution in [1.29, 1.82) is 0 Å². The first-order valence-corrected chi connectivity index (χ1v) is 6.18. The third kappa shape index (κ3) is 1.94. The summed E-state index contributed by atoms with van der Waals surface area (Å²) in [6.45, 7) is 0.984. The van der Waals surface area contributed by atoms with Gasteiger partial charge in [-0.05, 0) is 44.2 Å². The van der Waals surface area contributed by atoms with Gasteiger partial charge >= 0.3 is 0 Å². The van der Waals surface area contributed by atoms with Crippen molar-refractivity contribution in [2.45, 2.75) is 38.1 Å². The van der Waals surface area contributed by atoms with Gasteiger partial charge in [0.25, 0.3) is 0 Å². The van der Waals surface area contributed by atoms with Gasteiger partial charge in [0.15, 0.2) is 0 Å². The molecule has 3 rings (SSSR count). The van der Waals surface area contributed by atoms with Crippen LogP contribution in [0.3, 0.4) is 0 Å². The number of nitrogens with one attached hydrogen (secondary N) is 1. The fourth-order valence-corrected chi connectivity index (χ4v) is 2.19. The fourth-order valence-electron chi connectivity index (χ4n) is 2.19. The van der Waals surface area contributed by atoms with Gasteiger partial charge in [-0.25, -0.2) is 4.98 Å². The van der Waals surface area contributed by atoms with Crippen molar-refractivity contribution in [3.05, 3.63) is 23.9 Å². The first-order valence-electron chi connectivity index (χ1n) is 6.18. The predicted molar refractivity (Wildman–Crippen MR) is 66.1 cm³/mol. The molecule has 1 aromatic heterocycles. The van der Waals surface area contributed by atoms with Gasteiger partial charge in [0.1, 0.15) is 5.82 Å². The summed E-state index contributed by atoms with van der Waals surface area (Å²) in [6, 6.07) is 4.87. The van der Waals surface area contributed by atoms with Crippen LogP contribution >= 0.6 is 0 Å². The first kappa shape index (κ1) is 9.82. The zero-order chi connectivity index (χ0) is 10.8. The largest absolute Gasteiger partial charge is 0.367 e. The maximum absolute atomic E-state index is 4.48. The van der Waals surface area contributed by atoms with Crippen LogP contribution in [-0.4, -0.2) is 23.3 Å². The smallest absolute Gasteiger partial charge is 0.126 e. The van der Waals surface area contributed by atoms with E-state index in [1.807, 2.05) is 6.20 Å². The molecule has 1 fully saturated rings. The number of anilines is 1. The Morgan fingerprint density at radius 1 is 1.19 bits per heavy atom. The van der Waals surface area contributed by atoms with E-state index in [1.54, 1.807) is 0 Å². The minimum Gasteiger partial charge on any atom is -0.367 e. The average Bonchev–Trinajstić information content (AvgIpc) is 2.78. The molecule has 1 N–H and O–H groups in total. The molecule has 3 nitrogen and oxygen atoms in total. The number of rotatable bonds is 3. The lowest BCUT2D eigenvalue weighted by Crippen LogP contribution is -2.27. The molecular formula is C13H17N3. The van der Waals surface area contributed by atoms with Crippen LogP contribution in [0.15, 0.2) is 23.3 Å². The highest BCUT2D eigenvalue weighted by Crippen LogP contribution is 2.22. The zero-order valence-electron chi connectivity index (χ0n) is 9.45. The maximum atomic E-state index is 4.48. The summed E-state index contributed by atoms with van der Waals surface area (Å²) in [4.78, 5) is 8.93. The van der Waals surface area contributed by atoms with Crippen LogP contribution in [0.4, 0.5) is 5.82 Å². The van der Waals surface area contributed by atoms with Gasteiger partial charge in [-0.2, -0.15) is 0 Å². The number of hydrogen-bond acceptors (Lipinski definition) is 3. The minimum absolute atomic E-state index is 0.655. The van der Waals surface area contributed by atoms with E-state index in [2.05, 4.69) is 27.4 Å². The van der Waals surface area contributed by atoms with E-state index in [0.29, 0.717) is 6.04 Å². The molecule has 84 valence electrons. The van der Waals surface area contributed by atoms with E-state index in [9.17, 15) is 0 Å². The van der Waals surface area contributed by atoms with Gasteiger partial charge in [-0.1, -0.05) is 0 Å². The Labute approximate surface area is 96.0 Å². The molecule has 0 spiro atoms. The SMILES string of the molecule is c1cc(NC2CCC2)ncc1C1=NCCC1. The van der Waals surface area contributed by atoms with Crippen molar-refractivity contribution >= 4 is 11.5 Å². The van der Waals surface area contributed by atoms with Crippen molar-refractivity contribution < 1.29 is 0 Å². The second kappa shape index (κ2) is 4.24. The van der Waals surface area contributed by atoms with E-state index in [1.165, 1.54) is 37.0 Å². The Balaban J connectivity index is 1.69. The molecule has 3 heteroatoms. The van der Waals surface area contributed by atoms with Crippen LogP contribution in [0.1, 0.15) is 37.7 Å². The molecule has 0 aromatic carbocycles. The summed E-state index contributed by atoms with van der Waals surface area (Å²) in [7, 11) is 0. The number of hydrogen-bond donors (Lipinski definition) is 1. The Morgan fingerprint density at radius 2 is 2.12 bits per heavy atom. The average molecular weight is 215 g/mol. The summed E-state index contributed by atoms with van der Waals surface area (Å²) >= 11 is 0. The molecule has 0 radical (unpaired) electrons. The third-order valence-electron chi connectivity index (χ3n) is 3.43. The molecular weight excluding hydrogens is 198 g/mol. The first-order chi connectivity index (χ1) is 7.92. The van der Waals surface area contributed by atoms with Crippen LogP contribution in [-0.2, 0) is 0 Å². The van der Waals surface area contributed by atoms with Crippen molar-refractivity contribution in [3.63, 3.8) is 0 Å². The van der Waals surface area contributed by atoms with Crippen LogP contribution < -0.4 is 5.32 Å². The van der Waals surface area contributed by atoms with Crippen molar-refractivity contribution in [3.8, 4) is 0 Å². The Morgan fingerprint density at radius 3 is 2.69 bits per heavy atom. The highest BCUT2D eigenvalue weighted by atomic mass is 15.0. The molecule has 0 saturated heterocycles. The highest BCUT2D eigenvalue weighted by Gasteiger charge is 2.17. The molecule has 16 heavy (non-hydrogen) atoms. The van der Waals surface area contributed by atoms with Crippen LogP contribution in [0.25, 0.3) is 0 Å². The summed E-state index contributed by atoms with van der Waals surface area (Å²) < 4.78 is 0. The van der Waals surface area contributed by atoms with Gasteiger partial charge in [0.2, 0.25) is 0 Å². The minimum atomic E-state index is 0.655. The molecule has 0 amide bonds. The topological polar surface area (TPSA) is 37.3 Å². The summed E-state index contributed by atoms with van der Waals surface area (Å²) in [5.74, 6) is 1.01. The lowest BCUT2D eigenvalue weighted by molar-refractivity contribution is 0.444.